The van der Waals surface area contributed by atoms with Crippen LogP contribution in [-0.4, -0.2) is 16.0 Å². The van der Waals surface area contributed by atoms with Gasteiger partial charge in [-0.3, -0.25) is 0 Å². The third kappa shape index (κ3) is 3.82. The molecule has 1 saturated carbocycles. The van der Waals surface area contributed by atoms with E-state index in [0.717, 1.165) is 17.6 Å². The fourth-order valence-corrected chi connectivity index (χ4v) is 2.65. The van der Waals surface area contributed by atoms with E-state index in [1.165, 1.54) is 25.7 Å². The first kappa shape index (κ1) is 14.1. The summed E-state index contributed by atoms with van der Waals surface area (Å²) in [5.74, 6) is 3.02. The zero-order valence-corrected chi connectivity index (χ0v) is 12.5. The lowest BCUT2D eigenvalue weighted by molar-refractivity contribution is 0.358. The van der Waals surface area contributed by atoms with Crippen LogP contribution in [0.2, 0.25) is 0 Å². The highest BCUT2D eigenvalue weighted by atomic mass is 15.1. The molecule has 2 rings (SSSR count). The number of anilines is 2. The highest BCUT2D eigenvalue weighted by Gasteiger charge is 2.21. The predicted octanol–water partition coefficient (Wildman–Crippen LogP) is 3.35. The molecule has 1 aliphatic rings. The van der Waals surface area contributed by atoms with Gasteiger partial charge in [-0.25, -0.2) is 9.97 Å². The third-order valence-electron chi connectivity index (χ3n) is 3.71. The SMILES string of the molecule is CC1CCCC(Nc2cc(N)nc(C(C)(C)C)n2)C1. The molecule has 2 unspecified atom stereocenters. The van der Waals surface area contributed by atoms with Gasteiger partial charge in [0.15, 0.2) is 0 Å². The highest BCUT2D eigenvalue weighted by Crippen LogP contribution is 2.27. The third-order valence-corrected chi connectivity index (χ3v) is 3.71. The molecule has 2 atom stereocenters. The van der Waals surface area contributed by atoms with Gasteiger partial charge < -0.3 is 11.1 Å². The normalized spacial score (nSPS) is 24.2. The van der Waals surface area contributed by atoms with Crippen molar-refractivity contribution in [3.05, 3.63) is 11.9 Å². The maximum Gasteiger partial charge on any atom is 0.138 e. The van der Waals surface area contributed by atoms with Crippen molar-refractivity contribution < 1.29 is 0 Å². The molecule has 0 bridgehead atoms. The Balaban J connectivity index is 2.14. The number of rotatable bonds is 2. The Bertz CT molecular complexity index is 436. The van der Waals surface area contributed by atoms with Gasteiger partial charge in [0.1, 0.15) is 17.5 Å². The molecule has 106 valence electrons. The van der Waals surface area contributed by atoms with Crippen molar-refractivity contribution in [3.8, 4) is 0 Å². The monoisotopic (exact) mass is 262 g/mol. The zero-order chi connectivity index (χ0) is 14.0. The van der Waals surface area contributed by atoms with E-state index in [-0.39, 0.29) is 5.41 Å². The van der Waals surface area contributed by atoms with Gasteiger partial charge in [0.25, 0.3) is 0 Å². The number of nitrogen functional groups attached to an aromatic ring is 1. The minimum atomic E-state index is -0.0777. The van der Waals surface area contributed by atoms with E-state index in [0.29, 0.717) is 11.9 Å². The van der Waals surface area contributed by atoms with Crippen molar-refractivity contribution in [2.75, 3.05) is 11.1 Å². The smallest absolute Gasteiger partial charge is 0.138 e. The molecular formula is C15H26N4. The minimum absolute atomic E-state index is 0.0777. The maximum atomic E-state index is 5.90. The predicted molar refractivity (Wildman–Crippen MR) is 80.2 cm³/mol. The number of nitrogens with zero attached hydrogens (tertiary/aromatic N) is 2. The van der Waals surface area contributed by atoms with Crippen LogP contribution in [0.1, 0.15) is 59.2 Å². The molecule has 0 radical (unpaired) electrons. The van der Waals surface area contributed by atoms with Gasteiger partial charge in [-0.2, -0.15) is 0 Å². The highest BCUT2D eigenvalue weighted by molar-refractivity contribution is 5.46. The molecule has 3 N–H and O–H groups in total. The number of hydrogen-bond acceptors (Lipinski definition) is 4. The van der Waals surface area contributed by atoms with E-state index in [1.807, 2.05) is 6.07 Å². The molecule has 1 fully saturated rings. The van der Waals surface area contributed by atoms with Gasteiger partial charge in [-0.05, 0) is 18.8 Å². The van der Waals surface area contributed by atoms with Crippen LogP contribution in [0.4, 0.5) is 11.6 Å². The first-order valence-corrected chi connectivity index (χ1v) is 7.26. The van der Waals surface area contributed by atoms with E-state index in [4.69, 9.17) is 5.73 Å². The van der Waals surface area contributed by atoms with E-state index in [9.17, 15) is 0 Å². The summed E-state index contributed by atoms with van der Waals surface area (Å²) in [6.07, 6.45) is 5.08. The topological polar surface area (TPSA) is 63.8 Å². The summed E-state index contributed by atoms with van der Waals surface area (Å²) < 4.78 is 0. The van der Waals surface area contributed by atoms with Crippen molar-refractivity contribution in [1.29, 1.82) is 0 Å². The second-order valence-corrected chi connectivity index (χ2v) is 6.86. The molecular weight excluding hydrogens is 236 g/mol. The van der Waals surface area contributed by atoms with Gasteiger partial charge in [-0.1, -0.05) is 40.5 Å². The molecule has 0 amide bonds. The van der Waals surface area contributed by atoms with Crippen molar-refractivity contribution >= 4 is 11.6 Å². The van der Waals surface area contributed by atoms with Crippen molar-refractivity contribution in [2.24, 2.45) is 5.92 Å². The molecule has 1 heterocycles. The van der Waals surface area contributed by atoms with E-state index in [2.05, 4.69) is 43.0 Å². The Kier molecular flexibility index (Phi) is 3.97. The molecule has 0 aromatic carbocycles. The first-order valence-electron chi connectivity index (χ1n) is 7.26. The van der Waals surface area contributed by atoms with Crippen LogP contribution in [0.25, 0.3) is 0 Å². The van der Waals surface area contributed by atoms with Crippen molar-refractivity contribution in [2.45, 2.75) is 64.8 Å². The molecule has 19 heavy (non-hydrogen) atoms. The minimum Gasteiger partial charge on any atom is -0.384 e. The summed E-state index contributed by atoms with van der Waals surface area (Å²) in [5.41, 5.74) is 5.82. The molecule has 0 spiro atoms. The second kappa shape index (κ2) is 5.35. The Labute approximate surface area is 116 Å². The number of hydrogen-bond donors (Lipinski definition) is 2. The summed E-state index contributed by atoms with van der Waals surface area (Å²) in [5, 5.41) is 3.53. The van der Waals surface area contributed by atoms with Crippen molar-refractivity contribution in [1.82, 2.24) is 9.97 Å². The van der Waals surface area contributed by atoms with Gasteiger partial charge in [-0.15, -0.1) is 0 Å². The average Bonchev–Trinajstić information content (AvgIpc) is 2.26. The average molecular weight is 262 g/mol. The maximum absolute atomic E-state index is 5.90. The molecule has 1 aromatic heterocycles. The van der Waals surface area contributed by atoms with E-state index in [1.54, 1.807) is 0 Å². The Hall–Kier alpha value is -1.32. The molecule has 1 aliphatic carbocycles. The van der Waals surface area contributed by atoms with Crippen LogP contribution in [0.3, 0.4) is 0 Å². The molecule has 0 saturated heterocycles. The van der Waals surface area contributed by atoms with Crippen LogP contribution in [-0.2, 0) is 5.41 Å². The molecule has 0 aliphatic heterocycles. The summed E-state index contributed by atoms with van der Waals surface area (Å²) in [6, 6.07) is 2.36. The fourth-order valence-electron chi connectivity index (χ4n) is 2.65. The largest absolute Gasteiger partial charge is 0.384 e. The van der Waals surface area contributed by atoms with Gasteiger partial charge in [0.05, 0.1) is 0 Å². The van der Waals surface area contributed by atoms with E-state index >= 15 is 0 Å². The molecule has 4 nitrogen and oxygen atoms in total. The van der Waals surface area contributed by atoms with Crippen LogP contribution in [0, 0.1) is 5.92 Å². The summed E-state index contributed by atoms with van der Waals surface area (Å²) in [6.45, 7) is 8.64. The zero-order valence-electron chi connectivity index (χ0n) is 12.5. The van der Waals surface area contributed by atoms with Crippen LogP contribution >= 0.6 is 0 Å². The second-order valence-electron chi connectivity index (χ2n) is 6.86. The van der Waals surface area contributed by atoms with E-state index < -0.39 is 0 Å². The summed E-state index contributed by atoms with van der Waals surface area (Å²) >= 11 is 0. The first-order chi connectivity index (χ1) is 8.84. The lowest BCUT2D eigenvalue weighted by atomic mass is 9.87. The van der Waals surface area contributed by atoms with Crippen LogP contribution < -0.4 is 11.1 Å². The quantitative estimate of drug-likeness (QED) is 0.858. The summed E-state index contributed by atoms with van der Waals surface area (Å²) in [4.78, 5) is 8.96. The Morgan fingerprint density at radius 3 is 2.63 bits per heavy atom. The molecule has 1 aromatic rings. The number of aromatic nitrogens is 2. The Morgan fingerprint density at radius 1 is 1.26 bits per heavy atom. The fraction of sp³-hybridized carbons (Fsp3) is 0.733. The molecule has 4 heteroatoms. The Morgan fingerprint density at radius 2 is 2.00 bits per heavy atom. The van der Waals surface area contributed by atoms with Gasteiger partial charge >= 0.3 is 0 Å². The number of nitrogens with one attached hydrogen (secondary N) is 1. The van der Waals surface area contributed by atoms with Gasteiger partial charge in [0, 0.05) is 17.5 Å². The van der Waals surface area contributed by atoms with Crippen molar-refractivity contribution in [3.63, 3.8) is 0 Å². The lowest BCUT2D eigenvalue weighted by Gasteiger charge is -2.28. The standard InChI is InChI=1S/C15H26N4/c1-10-6-5-7-11(8-10)17-13-9-12(16)18-14(19-13)15(2,3)4/h9-11H,5-8H2,1-4H3,(H3,16,17,18,19). The summed E-state index contributed by atoms with van der Waals surface area (Å²) in [7, 11) is 0. The lowest BCUT2D eigenvalue weighted by Crippen LogP contribution is -2.27. The van der Waals surface area contributed by atoms with Crippen LogP contribution in [0.15, 0.2) is 6.07 Å². The van der Waals surface area contributed by atoms with Crippen LogP contribution in [0.5, 0.6) is 0 Å². The number of nitrogens with two attached hydrogens (primary N) is 1. The van der Waals surface area contributed by atoms with Gasteiger partial charge in [0.2, 0.25) is 0 Å².